The molecule has 0 atom stereocenters. The minimum Gasteiger partial charge on any atom is -0.340 e. The molecule has 1 heterocycles. The third kappa shape index (κ3) is 4.65. The van der Waals surface area contributed by atoms with Crippen LogP contribution in [0.4, 0.5) is 0 Å². The van der Waals surface area contributed by atoms with Crippen molar-refractivity contribution in [3.8, 4) is 0 Å². The number of hydrogen-bond acceptors (Lipinski definition) is 2. The highest BCUT2D eigenvalue weighted by molar-refractivity contribution is 5.73. The van der Waals surface area contributed by atoms with Crippen LogP contribution in [-0.4, -0.2) is 48.4 Å². The molecule has 0 saturated carbocycles. The van der Waals surface area contributed by atoms with Crippen molar-refractivity contribution >= 4 is 5.91 Å². The number of amides is 1. The van der Waals surface area contributed by atoms with E-state index in [0.29, 0.717) is 0 Å². The van der Waals surface area contributed by atoms with Crippen LogP contribution in [-0.2, 0) is 4.79 Å². The van der Waals surface area contributed by atoms with Gasteiger partial charge in [-0.25, -0.2) is 0 Å². The maximum atomic E-state index is 11.2. The van der Waals surface area contributed by atoms with Crippen molar-refractivity contribution in [3.05, 3.63) is 23.8 Å². The molecule has 1 fully saturated rings. The summed E-state index contributed by atoms with van der Waals surface area (Å²) in [6.45, 7) is 10.5. The minimum absolute atomic E-state index is 0.205. The van der Waals surface area contributed by atoms with Crippen LogP contribution >= 0.6 is 0 Å². The highest BCUT2D eigenvalue weighted by Gasteiger charge is 2.18. The summed E-state index contributed by atoms with van der Waals surface area (Å²) in [4.78, 5) is 15.5. The SMILES string of the molecule is CC.CC(=O)N1CCN(CC2=CCCC=C2)CC1. The highest BCUT2D eigenvalue weighted by Crippen LogP contribution is 2.12. The number of piperazine rings is 1. The van der Waals surface area contributed by atoms with Crippen LogP contribution in [0.3, 0.4) is 0 Å². The molecule has 0 radical (unpaired) electrons. The molecule has 0 aromatic carbocycles. The summed E-state index contributed by atoms with van der Waals surface area (Å²) in [5.41, 5.74) is 1.43. The van der Waals surface area contributed by atoms with Gasteiger partial charge in [0.1, 0.15) is 0 Å². The Hall–Kier alpha value is -1.09. The van der Waals surface area contributed by atoms with E-state index in [2.05, 4.69) is 23.1 Å². The van der Waals surface area contributed by atoms with Gasteiger partial charge in [0, 0.05) is 39.6 Å². The highest BCUT2D eigenvalue weighted by atomic mass is 16.2. The topological polar surface area (TPSA) is 23.6 Å². The predicted molar refractivity (Wildman–Crippen MR) is 76.5 cm³/mol. The Labute approximate surface area is 111 Å². The van der Waals surface area contributed by atoms with E-state index in [-0.39, 0.29) is 5.91 Å². The van der Waals surface area contributed by atoms with E-state index in [4.69, 9.17) is 0 Å². The largest absolute Gasteiger partial charge is 0.340 e. The van der Waals surface area contributed by atoms with E-state index in [1.165, 1.54) is 18.4 Å². The molecule has 18 heavy (non-hydrogen) atoms. The second-order valence-electron chi connectivity index (χ2n) is 4.54. The molecular weight excluding hydrogens is 224 g/mol. The van der Waals surface area contributed by atoms with Crippen molar-refractivity contribution in [2.45, 2.75) is 33.6 Å². The molecule has 2 aliphatic rings. The monoisotopic (exact) mass is 250 g/mol. The first-order valence-corrected chi connectivity index (χ1v) is 7.09. The van der Waals surface area contributed by atoms with E-state index in [0.717, 1.165) is 32.7 Å². The number of nitrogens with zero attached hydrogens (tertiary/aromatic N) is 2. The molecule has 1 aliphatic heterocycles. The van der Waals surface area contributed by atoms with Gasteiger partial charge in [-0.05, 0) is 18.4 Å². The molecule has 1 saturated heterocycles. The number of rotatable bonds is 2. The Morgan fingerprint density at radius 2 is 1.83 bits per heavy atom. The maximum Gasteiger partial charge on any atom is 0.219 e. The summed E-state index contributed by atoms with van der Waals surface area (Å²) >= 11 is 0. The number of hydrogen-bond donors (Lipinski definition) is 0. The van der Waals surface area contributed by atoms with Gasteiger partial charge in [0.05, 0.1) is 0 Å². The summed E-state index contributed by atoms with van der Waals surface area (Å²) < 4.78 is 0. The molecule has 1 amide bonds. The first-order valence-electron chi connectivity index (χ1n) is 7.09. The van der Waals surface area contributed by atoms with Crippen LogP contribution in [0.25, 0.3) is 0 Å². The molecule has 0 aromatic rings. The quantitative estimate of drug-likeness (QED) is 0.751. The van der Waals surface area contributed by atoms with Crippen LogP contribution in [0.2, 0.25) is 0 Å². The summed E-state index contributed by atoms with van der Waals surface area (Å²) in [6, 6.07) is 0. The number of allylic oxidation sites excluding steroid dienone is 2. The van der Waals surface area contributed by atoms with E-state index in [1.54, 1.807) is 6.92 Å². The van der Waals surface area contributed by atoms with E-state index in [9.17, 15) is 4.79 Å². The van der Waals surface area contributed by atoms with Crippen molar-refractivity contribution in [1.29, 1.82) is 0 Å². The smallest absolute Gasteiger partial charge is 0.219 e. The second-order valence-corrected chi connectivity index (χ2v) is 4.54. The second kappa shape index (κ2) is 8.09. The van der Waals surface area contributed by atoms with Gasteiger partial charge in [0.25, 0.3) is 0 Å². The van der Waals surface area contributed by atoms with E-state index in [1.807, 2.05) is 18.7 Å². The lowest BCUT2D eigenvalue weighted by Gasteiger charge is -2.34. The molecule has 0 N–H and O–H groups in total. The zero-order valence-electron chi connectivity index (χ0n) is 12.0. The Kier molecular flexibility index (Phi) is 6.73. The summed E-state index contributed by atoms with van der Waals surface area (Å²) in [6.07, 6.45) is 9.18. The zero-order valence-corrected chi connectivity index (χ0v) is 12.0. The third-order valence-electron chi connectivity index (χ3n) is 3.30. The van der Waals surface area contributed by atoms with Gasteiger partial charge in [0.2, 0.25) is 5.91 Å². The lowest BCUT2D eigenvalue weighted by molar-refractivity contribution is -0.130. The first-order chi connectivity index (χ1) is 8.75. The van der Waals surface area contributed by atoms with E-state index >= 15 is 0 Å². The fourth-order valence-electron chi connectivity index (χ4n) is 2.26. The molecule has 0 bridgehead atoms. The Balaban J connectivity index is 0.000000771. The van der Waals surface area contributed by atoms with Crippen LogP contribution in [0.1, 0.15) is 33.6 Å². The Morgan fingerprint density at radius 3 is 2.33 bits per heavy atom. The average molecular weight is 250 g/mol. The molecule has 3 heteroatoms. The summed E-state index contributed by atoms with van der Waals surface area (Å²) in [5, 5.41) is 0. The Bertz CT molecular complexity index is 312. The standard InChI is InChI=1S/C13H20N2O.C2H6/c1-12(16)15-9-7-14(8-10-15)11-13-5-3-2-4-6-13;1-2/h3,5-6H,2,4,7-11H2,1H3;1-2H3. The molecular formula is C15H26N2O. The molecule has 0 spiro atoms. The number of carbonyl (C=O) groups excluding carboxylic acids is 1. The van der Waals surface area contributed by atoms with Gasteiger partial charge in [-0.1, -0.05) is 32.1 Å². The number of carbonyl (C=O) groups is 1. The van der Waals surface area contributed by atoms with E-state index < -0.39 is 0 Å². The van der Waals surface area contributed by atoms with Crippen LogP contribution < -0.4 is 0 Å². The maximum absolute atomic E-state index is 11.2. The molecule has 3 nitrogen and oxygen atoms in total. The summed E-state index contributed by atoms with van der Waals surface area (Å²) in [5.74, 6) is 0.205. The first kappa shape index (κ1) is 15.0. The van der Waals surface area contributed by atoms with Gasteiger partial charge in [0.15, 0.2) is 0 Å². The lowest BCUT2D eigenvalue weighted by Crippen LogP contribution is -2.48. The molecule has 0 aromatic heterocycles. The summed E-state index contributed by atoms with van der Waals surface area (Å²) in [7, 11) is 0. The van der Waals surface area contributed by atoms with Gasteiger partial charge in [-0.2, -0.15) is 0 Å². The van der Waals surface area contributed by atoms with Gasteiger partial charge < -0.3 is 4.90 Å². The van der Waals surface area contributed by atoms with Gasteiger partial charge >= 0.3 is 0 Å². The molecule has 102 valence electrons. The Morgan fingerprint density at radius 1 is 1.17 bits per heavy atom. The molecule has 0 unspecified atom stereocenters. The van der Waals surface area contributed by atoms with Crippen LogP contribution in [0.5, 0.6) is 0 Å². The van der Waals surface area contributed by atoms with Crippen molar-refractivity contribution in [2.75, 3.05) is 32.7 Å². The zero-order chi connectivity index (χ0) is 13.4. The minimum atomic E-state index is 0.205. The fourth-order valence-corrected chi connectivity index (χ4v) is 2.26. The fraction of sp³-hybridized carbons (Fsp3) is 0.667. The van der Waals surface area contributed by atoms with Crippen LogP contribution in [0, 0.1) is 0 Å². The average Bonchev–Trinajstić information content (AvgIpc) is 2.43. The van der Waals surface area contributed by atoms with Crippen molar-refractivity contribution < 1.29 is 4.79 Å². The van der Waals surface area contributed by atoms with Crippen molar-refractivity contribution in [2.24, 2.45) is 0 Å². The van der Waals surface area contributed by atoms with Crippen molar-refractivity contribution in [1.82, 2.24) is 9.80 Å². The lowest BCUT2D eigenvalue weighted by atomic mass is 10.1. The third-order valence-corrected chi connectivity index (χ3v) is 3.30. The van der Waals surface area contributed by atoms with Gasteiger partial charge in [-0.3, -0.25) is 9.69 Å². The normalized spacial score (nSPS) is 19.9. The predicted octanol–water partition coefficient (Wildman–Crippen LogP) is 2.45. The van der Waals surface area contributed by atoms with Crippen LogP contribution in [0.15, 0.2) is 23.8 Å². The molecule has 1 aliphatic carbocycles. The van der Waals surface area contributed by atoms with Crippen molar-refractivity contribution in [3.63, 3.8) is 0 Å². The van der Waals surface area contributed by atoms with Gasteiger partial charge in [-0.15, -0.1) is 0 Å². The molecule has 2 rings (SSSR count).